The fourth-order valence-corrected chi connectivity index (χ4v) is 2.59. The van der Waals surface area contributed by atoms with Crippen molar-refractivity contribution in [3.63, 3.8) is 0 Å². The third kappa shape index (κ3) is 4.80. The maximum atomic E-state index is 5.30. The summed E-state index contributed by atoms with van der Waals surface area (Å²) < 4.78 is 5.30. The summed E-state index contributed by atoms with van der Waals surface area (Å²) in [7, 11) is 3.96. The van der Waals surface area contributed by atoms with Gasteiger partial charge in [-0.05, 0) is 44.0 Å². The first-order chi connectivity index (χ1) is 9.72. The van der Waals surface area contributed by atoms with Crippen LogP contribution in [0.1, 0.15) is 38.2 Å². The van der Waals surface area contributed by atoms with E-state index in [0.29, 0.717) is 6.04 Å². The monoisotopic (exact) mass is 276 g/mol. The maximum Gasteiger partial charge on any atom is 0.119 e. The lowest BCUT2D eigenvalue weighted by Gasteiger charge is -2.28. The molecule has 0 aromatic heterocycles. The van der Waals surface area contributed by atoms with Crippen molar-refractivity contribution in [2.75, 3.05) is 20.7 Å². The van der Waals surface area contributed by atoms with Crippen LogP contribution in [0.2, 0.25) is 0 Å². The Morgan fingerprint density at radius 3 is 2.85 bits per heavy atom. The van der Waals surface area contributed by atoms with Crippen LogP contribution in [0.25, 0.3) is 0 Å². The highest BCUT2D eigenvalue weighted by Crippen LogP contribution is 2.20. The number of hydrogen-bond acceptors (Lipinski definition) is 3. The second-order valence-corrected chi connectivity index (χ2v) is 5.89. The molecule has 1 aliphatic carbocycles. The summed E-state index contributed by atoms with van der Waals surface area (Å²) in [4.78, 5) is 2.47. The van der Waals surface area contributed by atoms with Gasteiger partial charge in [-0.1, -0.05) is 25.5 Å². The van der Waals surface area contributed by atoms with Gasteiger partial charge in [0.2, 0.25) is 0 Å². The van der Waals surface area contributed by atoms with E-state index in [4.69, 9.17) is 4.74 Å². The minimum absolute atomic E-state index is 0.617. The van der Waals surface area contributed by atoms with Crippen molar-refractivity contribution in [2.45, 2.75) is 51.2 Å². The van der Waals surface area contributed by atoms with Crippen molar-refractivity contribution >= 4 is 0 Å². The van der Waals surface area contributed by atoms with Crippen LogP contribution in [-0.2, 0) is 6.54 Å². The molecule has 0 aliphatic heterocycles. The van der Waals surface area contributed by atoms with Crippen LogP contribution in [0.4, 0.5) is 0 Å². The summed E-state index contributed by atoms with van der Waals surface area (Å²) in [5, 5.41) is 3.66. The zero-order chi connectivity index (χ0) is 14.4. The van der Waals surface area contributed by atoms with E-state index in [-0.39, 0.29) is 0 Å². The van der Waals surface area contributed by atoms with E-state index in [1.54, 1.807) is 7.11 Å². The Kier molecular flexibility index (Phi) is 5.86. The van der Waals surface area contributed by atoms with E-state index >= 15 is 0 Å². The molecule has 1 atom stereocenters. The zero-order valence-electron chi connectivity index (χ0n) is 13.1. The predicted octanol–water partition coefficient (Wildman–Crippen LogP) is 3.05. The standard InChI is InChI=1S/C17H28N2O/c1-4-6-16(12-18-15-9-10-15)19(2)13-14-7-5-8-17(11-14)20-3/h5,7-8,11,15-16,18H,4,6,9-10,12-13H2,1-3H3. The van der Waals surface area contributed by atoms with Gasteiger partial charge in [0.25, 0.3) is 0 Å². The highest BCUT2D eigenvalue weighted by Gasteiger charge is 2.23. The number of hydrogen-bond donors (Lipinski definition) is 1. The molecule has 0 amide bonds. The number of rotatable bonds is 9. The molecule has 3 nitrogen and oxygen atoms in total. The third-order valence-electron chi connectivity index (χ3n) is 4.03. The fourth-order valence-electron chi connectivity index (χ4n) is 2.59. The molecule has 112 valence electrons. The number of likely N-dealkylation sites (N-methyl/N-ethyl adjacent to an activating group) is 1. The van der Waals surface area contributed by atoms with Gasteiger partial charge in [0.15, 0.2) is 0 Å². The number of benzene rings is 1. The summed E-state index contributed by atoms with van der Waals surface area (Å²) in [6.45, 7) is 4.36. The Bertz CT molecular complexity index is 404. The van der Waals surface area contributed by atoms with Crippen molar-refractivity contribution in [3.05, 3.63) is 29.8 Å². The number of nitrogens with zero attached hydrogens (tertiary/aromatic N) is 1. The molecule has 1 N–H and O–H groups in total. The van der Waals surface area contributed by atoms with Crippen LogP contribution < -0.4 is 10.1 Å². The van der Waals surface area contributed by atoms with Gasteiger partial charge in [0.05, 0.1) is 7.11 Å². The van der Waals surface area contributed by atoms with Gasteiger partial charge in [0.1, 0.15) is 5.75 Å². The van der Waals surface area contributed by atoms with Gasteiger partial charge < -0.3 is 10.1 Å². The van der Waals surface area contributed by atoms with Gasteiger partial charge >= 0.3 is 0 Å². The molecule has 0 bridgehead atoms. The zero-order valence-corrected chi connectivity index (χ0v) is 13.1. The molecule has 1 fully saturated rings. The summed E-state index contributed by atoms with van der Waals surface area (Å²) in [6, 6.07) is 9.79. The molecule has 1 saturated carbocycles. The molecule has 20 heavy (non-hydrogen) atoms. The second kappa shape index (κ2) is 7.65. The van der Waals surface area contributed by atoms with Gasteiger partial charge in [-0.25, -0.2) is 0 Å². The van der Waals surface area contributed by atoms with Crippen molar-refractivity contribution in [2.24, 2.45) is 0 Å². The Balaban J connectivity index is 1.89. The molecular formula is C17H28N2O. The average molecular weight is 276 g/mol. The van der Waals surface area contributed by atoms with Crippen LogP contribution in [0.15, 0.2) is 24.3 Å². The Morgan fingerprint density at radius 1 is 1.40 bits per heavy atom. The minimum Gasteiger partial charge on any atom is -0.497 e. The predicted molar refractivity (Wildman–Crippen MR) is 84.2 cm³/mol. The second-order valence-electron chi connectivity index (χ2n) is 5.89. The summed E-state index contributed by atoms with van der Waals surface area (Å²) in [5.74, 6) is 0.944. The summed E-state index contributed by atoms with van der Waals surface area (Å²) >= 11 is 0. The van der Waals surface area contributed by atoms with Gasteiger partial charge in [-0.3, -0.25) is 4.90 Å². The van der Waals surface area contributed by atoms with E-state index < -0.39 is 0 Å². The lowest BCUT2D eigenvalue weighted by atomic mass is 10.1. The molecule has 0 spiro atoms. The van der Waals surface area contributed by atoms with Crippen LogP contribution in [-0.4, -0.2) is 37.7 Å². The van der Waals surface area contributed by atoms with Crippen LogP contribution in [0.5, 0.6) is 5.75 Å². The number of methoxy groups -OCH3 is 1. The smallest absolute Gasteiger partial charge is 0.119 e. The first-order valence-electron chi connectivity index (χ1n) is 7.79. The van der Waals surface area contributed by atoms with Crippen molar-refractivity contribution in [3.8, 4) is 5.75 Å². The quantitative estimate of drug-likeness (QED) is 0.750. The van der Waals surface area contributed by atoms with Gasteiger partial charge in [-0.2, -0.15) is 0 Å². The minimum atomic E-state index is 0.617. The van der Waals surface area contributed by atoms with Crippen LogP contribution in [0, 0.1) is 0 Å². The number of ether oxygens (including phenoxy) is 1. The summed E-state index contributed by atoms with van der Waals surface area (Å²) in [6.07, 6.45) is 5.20. The molecule has 1 unspecified atom stereocenters. The molecule has 1 aliphatic rings. The fraction of sp³-hybridized carbons (Fsp3) is 0.647. The molecule has 0 radical (unpaired) electrons. The largest absolute Gasteiger partial charge is 0.497 e. The molecule has 2 rings (SSSR count). The highest BCUT2D eigenvalue weighted by molar-refractivity contribution is 5.28. The van der Waals surface area contributed by atoms with Crippen LogP contribution >= 0.6 is 0 Å². The molecule has 0 saturated heterocycles. The molecular weight excluding hydrogens is 248 g/mol. The molecule has 0 heterocycles. The first kappa shape index (κ1) is 15.3. The Morgan fingerprint density at radius 2 is 2.20 bits per heavy atom. The Hall–Kier alpha value is -1.06. The van der Waals surface area contributed by atoms with Crippen molar-refractivity contribution in [1.29, 1.82) is 0 Å². The first-order valence-corrected chi connectivity index (χ1v) is 7.79. The topological polar surface area (TPSA) is 24.5 Å². The van der Waals surface area contributed by atoms with Crippen LogP contribution in [0.3, 0.4) is 0 Å². The molecule has 1 aromatic rings. The van der Waals surface area contributed by atoms with E-state index in [1.807, 2.05) is 6.07 Å². The van der Waals surface area contributed by atoms with E-state index in [9.17, 15) is 0 Å². The molecule has 1 aromatic carbocycles. The van der Waals surface area contributed by atoms with E-state index in [2.05, 4.69) is 42.4 Å². The number of nitrogens with one attached hydrogen (secondary N) is 1. The normalized spacial score (nSPS) is 16.4. The SMILES string of the molecule is CCCC(CNC1CC1)N(C)Cc1cccc(OC)c1. The molecule has 3 heteroatoms. The van der Waals surface area contributed by atoms with E-state index in [0.717, 1.165) is 24.9 Å². The highest BCUT2D eigenvalue weighted by atomic mass is 16.5. The van der Waals surface area contributed by atoms with E-state index in [1.165, 1.54) is 31.2 Å². The van der Waals surface area contributed by atoms with Crippen molar-refractivity contribution in [1.82, 2.24) is 10.2 Å². The average Bonchev–Trinajstić information content (AvgIpc) is 3.27. The third-order valence-corrected chi connectivity index (χ3v) is 4.03. The maximum absolute atomic E-state index is 5.30. The Labute approximate surface area is 123 Å². The lowest BCUT2D eigenvalue weighted by Crippen LogP contribution is -2.40. The van der Waals surface area contributed by atoms with Crippen molar-refractivity contribution < 1.29 is 4.74 Å². The van der Waals surface area contributed by atoms with Gasteiger partial charge in [0, 0.05) is 25.2 Å². The van der Waals surface area contributed by atoms with Gasteiger partial charge in [-0.15, -0.1) is 0 Å². The summed E-state index contributed by atoms with van der Waals surface area (Å²) in [5.41, 5.74) is 1.32. The lowest BCUT2D eigenvalue weighted by molar-refractivity contribution is 0.214.